The molecule has 0 saturated heterocycles. The van der Waals surface area contributed by atoms with Crippen molar-refractivity contribution in [1.82, 2.24) is 9.97 Å². The third-order valence-electron chi connectivity index (χ3n) is 3.01. The number of aryl methyl sites for hydroxylation is 1. The Morgan fingerprint density at radius 3 is 2.57 bits per heavy atom. The van der Waals surface area contributed by atoms with E-state index in [9.17, 15) is 0 Å². The van der Waals surface area contributed by atoms with Crippen LogP contribution in [-0.4, -0.2) is 16.5 Å². The van der Waals surface area contributed by atoms with E-state index in [4.69, 9.17) is 23.2 Å². The van der Waals surface area contributed by atoms with Crippen LogP contribution in [0.1, 0.15) is 32.5 Å². The van der Waals surface area contributed by atoms with E-state index in [-0.39, 0.29) is 0 Å². The van der Waals surface area contributed by atoms with Gasteiger partial charge in [-0.2, -0.15) is 0 Å². The molecular formula is C16H19Cl2N3. The molecule has 0 spiro atoms. The fourth-order valence-corrected chi connectivity index (χ4v) is 2.39. The number of anilines is 1. The summed E-state index contributed by atoms with van der Waals surface area (Å²) in [7, 11) is 0. The first-order chi connectivity index (χ1) is 10.1. The van der Waals surface area contributed by atoms with Crippen molar-refractivity contribution in [2.75, 3.05) is 11.9 Å². The van der Waals surface area contributed by atoms with E-state index in [0.29, 0.717) is 10.0 Å². The Balaban J connectivity index is 2.45. The second-order valence-electron chi connectivity index (χ2n) is 4.86. The van der Waals surface area contributed by atoms with E-state index in [1.54, 1.807) is 12.1 Å². The lowest BCUT2D eigenvalue weighted by atomic mass is 10.1. The van der Waals surface area contributed by atoms with Crippen LogP contribution in [0.3, 0.4) is 0 Å². The minimum atomic E-state index is 0.641. The van der Waals surface area contributed by atoms with Gasteiger partial charge in [-0.3, -0.25) is 0 Å². The number of halogens is 2. The van der Waals surface area contributed by atoms with Crippen LogP contribution in [0.25, 0.3) is 11.3 Å². The van der Waals surface area contributed by atoms with Gasteiger partial charge >= 0.3 is 0 Å². The molecule has 0 amide bonds. The fourth-order valence-electron chi connectivity index (χ4n) is 2.01. The van der Waals surface area contributed by atoms with Crippen LogP contribution >= 0.6 is 23.2 Å². The third-order valence-corrected chi connectivity index (χ3v) is 3.57. The molecule has 1 heterocycles. The maximum absolute atomic E-state index is 6.28. The Kier molecular flexibility index (Phi) is 5.83. The molecule has 112 valence electrons. The molecule has 0 fully saturated rings. The van der Waals surface area contributed by atoms with Gasteiger partial charge in [-0.1, -0.05) is 37.0 Å². The van der Waals surface area contributed by atoms with Crippen molar-refractivity contribution in [2.45, 2.75) is 33.1 Å². The maximum Gasteiger partial charge on any atom is 0.131 e. The number of rotatable bonds is 6. The Labute approximate surface area is 135 Å². The zero-order valence-electron chi connectivity index (χ0n) is 12.3. The molecule has 2 aromatic rings. The highest BCUT2D eigenvalue weighted by atomic mass is 35.5. The van der Waals surface area contributed by atoms with Gasteiger partial charge < -0.3 is 5.32 Å². The van der Waals surface area contributed by atoms with Crippen LogP contribution in [0, 0.1) is 0 Å². The SMILES string of the molecule is CCCNc1cc(-c2cc(Cl)ccc2Cl)nc(CCC)n1. The van der Waals surface area contributed by atoms with Gasteiger partial charge in [0, 0.05) is 29.6 Å². The Hall–Kier alpha value is -1.32. The fraction of sp³-hybridized carbons (Fsp3) is 0.375. The van der Waals surface area contributed by atoms with Crippen molar-refractivity contribution in [1.29, 1.82) is 0 Å². The van der Waals surface area contributed by atoms with Crippen molar-refractivity contribution >= 4 is 29.0 Å². The molecule has 2 rings (SSSR count). The van der Waals surface area contributed by atoms with E-state index in [1.807, 2.05) is 12.1 Å². The van der Waals surface area contributed by atoms with Gasteiger partial charge in [0.1, 0.15) is 11.6 Å². The standard InChI is InChI=1S/C16H19Cl2N3/c1-3-5-15-20-14(10-16(21-15)19-8-4-2)12-9-11(17)6-7-13(12)18/h6-7,9-10H,3-5,8H2,1-2H3,(H,19,20,21). The van der Waals surface area contributed by atoms with Crippen LogP contribution in [0.4, 0.5) is 5.82 Å². The molecule has 5 heteroatoms. The van der Waals surface area contributed by atoms with E-state index in [0.717, 1.165) is 48.7 Å². The minimum absolute atomic E-state index is 0.641. The van der Waals surface area contributed by atoms with Crippen molar-refractivity contribution in [2.24, 2.45) is 0 Å². The highest BCUT2D eigenvalue weighted by Crippen LogP contribution is 2.30. The second kappa shape index (κ2) is 7.62. The molecule has 0 bridgehead atoms. The molecule has 0 radical (unpaired) electrons. The maximum atomic E-state index is 6.28. The lowest BCUT2D eigenvalue weighted by Gasteiger charge is -2.10. The van der Waals surface area contributed by atoms with Crippen LogP contribution in [-0.2, 0) is 6.42 Å². The lowest BCUT2D eigenvalue weighted by Crippen LogP contribution is -2.06. The van der Waals surface area contributed by atoms with Crippen molar-refractivity contribution in [3.8, 4) is 11.3 Å². The molecule has 1 N–H and O–H groups in total. The van der Waals surface area contributed by atoms with E-state index in [2.05, 4.69) is 29.1 Å². The third kappa shape index (κ3) is 4.32. The van der Waals surface area contributed by atoms with Crippen molar-refractivity contribution in [3.05, 3.63) is 40.1 Å². The molecule has 0 saturated carbocycles. The number of hydrogen-bond acceptors (Lipinski definition) is 3. The van der Waals surface area contributed by atoms with Crippen molar-refractivity contribution < 1.29 is 0 Å². The van der Waals surface area contributed by atoms with Gasteiger partial charge in [-0.15, -0.1) is 0 Å². The molecule has 1 aromatic heterocycles. The van der Waals surface area contributed by atoms with Crippen LogP contribution in [0.5, 0.6) is 0 Å². The molecule has 0 aliphatic rings. The van der Waals surface area contributed by atoms with E-state index < -0.39 is 0 Å². The molecule has 0 aliphatic carbocycles. The average molecular weight is 324 g/mol. The molecular weight excluding hydrogens is 305 g/mol. The zero-order chi connectivity index (χ0) is 15.2. The van der Waals surface area contributed by atoms with Gasteiger partial charge in [0.25, 0.3) is 0 Å². The monoisotopic (exact) mass is 323 g/mol. The summed E-state index contributed by atoms with van der Waals surface area (Å²) in [6.07, 6.45) is 2.88. The molecule has 3 nitrogen and oxygen atoms in total. The Morgan fingerprint density at radius 1 is 1.05 bits per heavy atom. The number of nitrogens with one attached hydrogen (secondary N) is 1. The van der Waals surface area contributed by atoms with E-state index >= 15 is 0 Å². The van der Waals surface area contributed by atoms with Gasteiger partial charge in [0.05, 0.1) is 10.7 Å². The predicted octanol–water partition coefficient (Wildman–Crippen LogP) is 5.22. The molecule has 0 unspecified atom stereocenters. The van der Waals surface area contributed by atoms with Crippen molar-refractivity contribution in [3.63, 3.8) is 0 Å². The van der Waals surface area contributed by atoms with Gasteiger partial charge in [-0.25, -0.2) is 9.97 Å². The second-order valence-corrected chi connectivity index (χ2v) is 5.70. The quantitative estimate of drug-likeness (QED) is 0.791. The summed E-state index contributed by atoms with van der Waals surface area (Å²) < 4.78 is 0. The molecule has 1 aromatic carbocycles. The average Bonchev–Trinajstić information content (AvgIpc) is 2.48. The topological polar surface area (TPSA) is 37.8 Å². The normalized spacial score (nSPS) is 10.7. The lowest BCUT2D eigenvalue weighted by molar-refractivity contribution is 0.834. The van der Waals surface area contributed by atoms with Crippen LogP contribution in [0.2, 0.25) is 10.0 Å². The largest absolute Gasteiger partial charge is 0.370 e. The first-order valence-corrected chi connectivity index (χ1v) is 7.97. The smallest absolute Gasteiger partial charge is 0.131 e. The molecule has 0 aliphatic heterocycles. The highest BCUT2D eigenvalue weighted by Gasteiger charge is 2.10. The summed E-state index contributed by atoms with van der Waals surface area (Å²) in [5.74, 6) is 1.66. The summed E-state index contributed by atoms with van der Waals surface area (Å²) in [4.78, 5) is 9.15. The molecule has 0 atom stereocenters. The number of benzene rings is 1. The van der Waals surface area contributed by atoms with Crippen LogP contribution < -0.4 is 5.32 Å². The summed E-state index contributed by atoms with van der Waals surface area (Å²) in [5, 5.41) is 4.60. The first-order valence-electron chi connectivity index (χ1n) is 7.21. The first kappa shape index (κ1) is 16.1. The molecule has 21 heavy (non-hydrogen) atoms. The van der Waals surface area contributed by atoms with Crippen LogP contribution in [0.15, 0.2) is 24.3 Å². The minimum Gasteiger partial charge on any atom is -0.370 e. The predicted molar refractivity (Wildman–Crippen MR) is 90.3 cm³/mol. The van der Waals surface area contributed by atoms with Gasteiger partial charge in [0.2, 0.25) is 0 Å². The van der Waals surface area contributed by atoms with Gasteiger partial charge in [-0.05, 0) is 31.0 Å². The number of nitrogens with zero attached hydrogens (tertiary/aromatic N) is 2. The Morgan fingerprint density at radius 2 is 1.86 bits per heavy atom. The Bertz CT molecular complexity index is 614. The number of hydrogen-bond donors (Lipinski definition) is 1. The van der Waals surface area contributed by atoms with Gasteiger partial charge in [0.15, 0.2) is 0 Å². The number of aromatic nitrogens is 2. The zero-order valence-corrected chi connectivity index (χ0v) is 13.8. The highest BCUT2D eigenvalue weighted by molar-refractivity contribution is 6.35. The summed E-state index contributed by atoms with van der Waals surface area (Å²) in [6.45, 7) is 5.11. The summed E-state index contributed by atoms with van der Waals surface area (Å²) >= 11 is 12.4. The summed E-state index contributed by atoms with van der Waals surface area (Å²) in [6, 6.07) is 7.33. The van der Waals surface area contributed by atoms with E-state index in [1.165, 1.54) is 0 Å². The summed E-state index contributed by atoms with van der Waals surface area (Å²) in [5.41, 5.74) is 1.64.